The van der Waals surface area contributed by atoms with Crippen LogP contribution >= 0.6 is 35.7 Å². The van der Waals surface area contributed by atoms with Crippen LogP contribution in [-0.4, -0.2) is 103 Å². The first-order valence-electron chi connectivity index (χ1n) is 16.2. The minimum Gasteiger partial charge on any atom is -0.481 e. The number of unbranched alkanes of at least 4 members (excludes halogenated alkanes) is 9. The maximum atomic E-state index is 13.0. The van der Waals surface area contributed by atoms with Gasteiger partial charge < -0.3 is 40.5 Å². The fourth-order valence-electron chi connectivity index (χ4n) is 4.82. The fraction of sp³-hybridized carbons (Fsp3) is 0.839. The first kappa shape index (κ1) is 42.5. The number of amides is 2. The summed E-state index contributed by atoms with van der Waals surface area (Å²) in [7, 11) is 0. The number of rotatable bonds is 22. The predicted octanol–water partition coefficient (Wildman–Crippen LogP) is 3.52. The SMILES string of the molecule is CCCCCCCCCCCCSC(=S)SC(CC(C)(C)C(=O)O)C(=O)OCCC(=O)N[C@@H]1OC(CO)[C@@H](O)[C@H](O)C1NC(C)=O. The summed E-state index contributed by atoms with van der Waals surface area (Å²) in [6.07, 6.45) is 6.40. The van der Waals surface area contributed by atoms with Gasteiger partial charge in [-0.1, -0.05) is 88.7 Å². The molecule has 1 rings (SSSR count). The van der Waals surface area contributed by atoms with Crippen LogP contribution in [0.3, 0.4) is 0 Å². The van der Waals surface area contributed by atoms with Crippen LogP contribution in [0.25, 0.3) is 0 Å². The number of esters is 1. The van der Waals surface area contributed by atoms with Gasteiger partial charge in [0.25, 0.3) is 0 Å². The van der Waals surface area contributed by atoms with Crippen molar-refractivity contribution in [2.75, 3.05) is 19.0 Å². The van der Waals surface area contributed by atoms with E-state index in [1.807, 2.05) is 0 Å². The second-order valence-electron chi connectivity index (χ2n) is 12.3. The van der Waals surface area contributed by atoms with Gasteiger partial charge in [-0.3, -0.25) is 19.2 Å². The summed E-state index contributed by atoms with van der Waals surface area (Å²) in [5.41, 5.74) is -1.23. The third-order valence-corrected chi connectivity index (χ3v) is 10.5. The standard InChI is InChI=1S/C31H54N2O10S3/c1-5-6-7-8-9-10-11-12-13-14-17-45-30(44)46-22(18-31(3,4)29(40)41)28(39)42-16-15-23(36)33-27-24(32-20(2)35)26(38)25(37)21(19-34)43-27/h21-22,24-27,34,37-38H,5-19H2,1-4H3,(H,32,35)(H,33,36)(H,40,41)/t21?,22?,24?,25-,26-,27-/m1/s1. The zero-order valence-electron chi connectivity index (χ0n) is 27.5. The zero-order chi connectivity index (χ0) is 34.7. The normalized spacial score (nSPS) is 22.1. The molecule has 6 N–H and O–H groups in total. The molecule has 1 saturated heterocycles. The molecule has 15 heteroatoms. The van der Waals surface area contributed by atoms with Gasteiger partial charge in [-0.15, -0.1) is 11.8 Å². The van der Waals surface area contributed by atoms with E-state index in [4.69, 9.17) is 21.7 Å². The Morgan fingerprint density at radius 2 is 1.54 bits per heavy atom. The lowest BCUT2D eigenvalue weighted by atomic mass is 9.88. The highest BCUT2D eigenvalue weighted by atomic mass is 32.2. The Balaban J connectivity index is 2.60. The molecule has 12 nitrogen and oxygen atoms in total. The molecule has 0 bridgehead atoms. The highest BCUT2D eigenvalue weighted by Gasteiger charge is 2.45. The molecule has 0 saturated carbocycles. The molecule has 0 aromatic carbocycles. The first-order valence-corrected chi connectivity index (χ1v) is 18.4. The topological polar surface area (TPSA) is 192 Å². The van der Waals surface area contributed by atoms with Gasteiger partial charge in [0.1, 0.15) is 39.7 Å². The van der Waals surface area contributed by atoms with Crippen molar-refractivity contribution in [3.8, 4) is 0 Å². The minimum atomic E-state index is -1.53. The summed E-state index contributed by atoms with van der Waals surface area (Å²) in [5.74, 6) is -2.14. The molecule has 0 spiro atoms. The number of carbonyl (C=O) groups excluding carboxylic acids is 3. The quantitative estimate of drug-likeness (QED) is 0.0544. The monoisotopic (exact) mass is 710 g/mol. The smallest absolute Gasteiger partial charge is 0.319 e. The Labute approximate surface area is 286 Å². The van der Waals surface area contributed by atoms with Crippen LogP contribution in [0, 0.1) is 5.41 Å². The maximum absolute atomic E-state index is 13.0. The third-order valence-electron chi connectivity index (χ3n) is 7.67. The summed E-state index contributed by atoms with van der Waals surface area (Å²) in [6, 6.07) is -1.19. The fourth-order valence-corrected chi connectivity index (χ4v) is 7.70. The highest BCUT2D eigenvalue weighted by molar-refractivity contribution is 8.47. The number of carboxylic acid groups (broad SMARTS) is 1. The van der Waals surface area contributed by atoms with Gasteiger partial charge in [0.2, 0.25) is 11.8 Å². The van der Waals surface area contributed by atoms with E-state index in [1.165, 1.54) is 83.9 Å². The molecular weight excluding hydrogens is 657 g/mol. The molecule has 1 aliphatic rings. The van der Waals surface area contributed by atoms with Crippen molar-refractivity contribution in [3.63, 3.8) is 0 Å². The molecule has 0 radical (unpaired) electrons. The summed E-state index contributed by atoms with van der Waals surface area (Å²) in [4.78, 5) is 49.1. The molecule has 0 aromatic rings. The van der Waals surface area contributed by atoms with E-state index in [-0.39, 0.29) is 19.4 Å². The number of hydrogen-bond acceptors (Lipinski definition) is 12. The molecule has 0 aromatic heterocycles. The van der Waals surface area contributed by atoms with Crippen molar-refractivity contribution in [2.45, 2.75) is 141 Å². The number of ether oxygens (including phenoxy) is 2. The molecule has 0 aliphatic carbocycles. The molecular formula is C31H54N2O10S3. The number of carbonyl (C=O) groups is 4. The lowest BCUT2D eigenvalue weighted by molar-refractivity contribution is -0.203. The van der Waals surface area contributed by atoms with Gasteiger partial charge in [-0.2, -0.15) is 0 Å². The number of aliphatic hydroxyl groups is 3. The predicted molar refractivity (Wildman–Crippen MR) is 183 cm³/mol. The Morgan fingerprint density at radius 3 is 2.09 bits per heavy atom. The summed E-state index contributed by atoms with van der Waals surface area (Å²) in [5, 5.41) is 43.6. The number of carboxylic acids is 1. The lowest BCUT2D eigenvalue weighted by Crippen LogP contribution is -2.68. The molecule has 1 fully saturated rings. The second-order valence-corrected chi connectivity index (χ2v) is 15.8. The average molecular weight is 711 g/mol. The zero-order valence-corrected chi connectivity index (χ0v) is 30.0. The van der Waals surface area contributed by atoms with E-state index in [9.17, 15) is 39.6 Å². The van der Waals surface area contributed by atoms with Gasteiger partial charge >= 0.3 is 11.9 Å². The van der Waals surface area contributed by atoms with Gasteiger partial charge in [0.15, 0.2) is 6.23 Å². The minimum absolute atomic E-state index is 0.0337. The largest absolute Gasteiger partial charge is 0.481 e. The second kappa shape index (κ2) is 23.0. The van der Waals surface area contributed by atoms with E-state index in [0.29, 0.717) is 3.53 Å². The molecule has 3 unspecified atom stereocenters. The van der Waals surface area contributed by atoms with E-state index in [0.717, 1.165) is 30.4 Å². The van der Waals surface area contributed by atoms with Crippen LogP contribution in [0.4, 0.5) is 0 Å². The van der Waals surface area contributed by atoms with E-state index in [2.05, 4.69) is 17.6 Å². The van der Waals surface area contributed by atoms with Crippen molar-refractivity contribution in [3.05, 3.63) is 0 Å². The van der Waals surface area contributed by atoms with Crippen molar-refractivity contribution < 1.29 is 49.1 Å². The third kappa shape index (κ3) is 16.6. The maximum Gasteiger partial charge on any atom is 0.319 e. The Bertz CT molecular complexity index is 971. The van der Waals surface area contributed by atoms with Crippen LogP contribution < -0.4 is 10.6 Å². The van der Waals surface area contributed by atoms with Crippen molar-refractivity contribution >= 4 is 63.0 Å². The lowest BCUT2D eigenvalue weighted by Gasteiger charge is -2.42. The van der Waals surface area contributed by atoms with Crippen LogP contribution in [0.2, 0.25) is 0 Å². The number of aliphatic hydroxyl groups excluding tert-OH is 3. The molecule has 266 valence electrons. The Kier molecular flexibility index (Phi) is 21.2. The average Bonchev–Trinajstić information content (AvgIpc) is 2.98. The molecule has 2 amide bonds. The summed E-state index contributed by atoms with van der Waals surface area (Å²) < 4.78 is 11.4. The number of nitrogens with one attached hydrogen (secondary N) is 2. The Hall–Kier alpha value is -1.49. The van der Waals surface area contributed by atoms with Gasteiger partial charge in [0.05, 0.1) is 18.4 Å². The molecule has 6 atom stereocenters. The van der Waals surface area contributed by atoms with Gasteiger partial charge in [-0.25, -0.2) is 0 Å². The van der Waals surface area contributed by atoms with E-state index in [1.54, 1.807) is 0 Å². The van der Waals surface area contributed by atoms with Crippen LogP contribution in [0.5, 0.6) is 0 Å². The van der Waals surface area contributed by atoms with Crippen LogP contribution in [0.15, 0.2) is 0 Å². The van der Waals surface area contributed by atoms with Crippen molar-refractivity contribution in [2.24, 2.45) is 5.41 Å². The summed E-state index contributed by atoms with van der Waals surface area (Å²) >= 11 is 8.06. The Morgan fingerprint density at radius 1 is 0.957 bits per heavy atom. The van der Waals surface area contributed by atoms with Crippen molar-refractivity contribution in [1.29, 1.82) is 0 Å². The van der Waals surface area contributed by atoms with E-state index >= 15 is 0 Å². The van der Waals surface area contributed by atoms with Gasteiger partial charge in [-0.05, 0) is 32.4 Å². The number of aliphatic carboxylic acids is 1. The van der Waals surface area contributed by atoms with Gasteiger partial charge in [0, 0.05) is 6.92 Å². The van der Waals surface area contributed by atoms with Crippen LogP contribution in [-0.2, 0) is 28.7 Å². The number of thiocarbonyl (C=S) groups is 1. The van der Waals surface area contributed by atoms with E-state index < -0.39 is 71.6 Å². The number of hydrogen-bond donors (Lipinski definition) is 6. The van der Waals surface area contributed by atoms with Crippen LogP contribution in [0.1, 0.15) is 105 Å². The molecule has 1 heterocycles. The highest BCUT2D eigenvalue weighted by Crippen LogP contribution is 2.33. The summed E-state index contributed by atoms with van der Waals surface area (Å²) in [6.45, 7) is 5.47. The molecule has 1 aliphatic heterocycles. The van der Waals surface area contributed by atoms with Crippen molar-refractivity contribution in [1.82, 2.24) is 10.6 Å². The first-order chi connectivity index (χ1) is 21.7. The molecule has 46 heavy (non-hydrogen) atoms. The number of thioether (sulfide) groups is 2.